The molecule has 1 aliphatic rings. The zero-order valence-corrected chi connectivity index (χ0v) is 9.28. The van der Waals surface area contributed by atoms with Gasteiger partial charge in [0.2, 0.25) is 0 Å². The predicted octanol–water partition coefficient (Wildman–Crippen LogP) is 0.930. The predicted molar refractivity (Wildman–Crippen MR) is 53.2 cm³/mol. The van der Waals surface area contributed by atoms with Crippen molar-refractivity contribution in [3.8, 4) is 0 Å². The molecule has 1 fully saturated rings. The Morgan fingerprint density at radius 2 is 2.13 bits per heavy atom. The lowest BCUT2D eigenvalue weighted by Crippen LogP contribution is -2.34. The van der Waals surface area contributed by atoms with Crippen LogP contribution in [-0.4, -0.2) is 31.8 Å². The van der Waals surface area contributed by atoms with Gasteiger partial charge in [-0.3, -0.25) is 10.1 Å². The van der Waals surface area contributed by atoms with E-state index < -0.39 is 12.3 Å². The van der Waals surface area contributed by atoms with E-state index in [0.717, 1.165) is 0 Å². The Labute approximate surface area is 89.1 Å². The average Bonchev–Trinajstić information content (AvgIpc) is 2.64. The molecular weight excluding hydrogens is 198 g/mol. The van der Waals surface area contributed by atoms with Crippen molar-refractivity contribution < 1.29 is 19.1 Å². The largest absolute Gasteiger partial charge is 0.453 e. The van der Waals surface area contributed by atoms with Crippen LogP contribution in [-0.2, 0) is 14.3 Å². The second-order valence-electron chi connectivity index (χ2n) is 3.95. The van der Waals surface area contributed by atoms with E-state index in [-0.39, 0.29) is 17.6 Å². The Balaban J connectivity index is 2.39. The molecule has 1 amide bonds. The third kappa shape index (κ3) is 3.20. The molecule has 1 rings (SSSR count). The lowest BCUT2D eigenvalue weighted by Gasteiger charge is -2.11. The molecule has 5 heteroatoms. The van der Waals surface area contributed by atoms with E-state index >= 15 is 0 Å². The van der Waals surface area contributed by atoms with Gasteiger partial charge in [0.1, 0.15) is 12.0 Å². The van der Waals surface area contributed by atoms with Crippen LogP contribution >= 0.6 is 0 Å². The minimum atomic E-state index is -0.530. The first-order valence-corrected chi connectivity index (χ1v) is 5.04. The van der Waals surface area contributed by atoms with E-state index in [0.29, 0.717) is 13.0 Å². The number of carbonyl (C=O) groups excluding carboxylic acids is 2. The first-order valence-electron chi connectivity index (χ1n) is 5.04. The first-order chi connectivity index (χ1) is 7.04. The van der Waals surface area contributed by atoms with Gasteiger partial charge in [-0.05, 0) is 0 Å². The molecule has 0 aromatic rings. The van der Waals surface area contributed by atoms with Gasteiger partial charge < -0.3 is 9.47 Å². The smallest absolute Gasteiger partial charge is 0.408 e. The Bertz CT molecular complexity index is 252. The van der Waals surface area contributed by atoms with Crippen LogP contribution in [0.5, 0.6) is 0 Å². The van der Waals surface area contributed by atoms with Crippen molar-refractivity contribution in [2.24, 2.45) is 11.8 Å². The summed E-state index contributed by atoms with van der Waals surface area (Å²) in [5.41, 5.74) is 0. The van der Waals surface area contributed by atoms with Crippen LogP contribution in [0.2, 0.25) is 0 Å². The number of rotatable bonds is 3. The number of ketones is 1. The van der Waals surface area contributed by atoms with Crippen LogP contribution in [0.25, 0.3) is 0 Å². The maximum absolute atomic E-state index is 11.6. The number of carbonyl (C=O) groups is 2. The zero-order valence-electron chi connectivity index (χ0n) is 9.28. The molecule has 1 heterocycles. The molecule has 0 unspecified atom stereocenters. The summed E-state index contributed by atoms with van der Waals surface area (Å²) in [5, 5.41) is 2.52. The van der Waals surface area contributed by atoms with Gasteiger partial charge >= 0.3 is 6.09 Å². The highest BCUT2D eigenvalue weighted by atomic mass is 16.6. The lowest BCUT2D eigenvalue weighted by atomic mass is 9.94. The fourth-order valence-corrected chi connectivity index (χ4v) is 1.59. The van der Waals surface area contributed by atoms with Gasteiger partial charge in [-0.2, -0.15) is 0 Å². The van der Waals surface area contributed by atoms with E-state index in [1.54, 1.807) is 0 Å². The maximum atomic E-state index is 11.6. The Kier molecular flexibility index (Phi) is 4.08. The molecule has 1 saturated heterocycles. The van der Waals surface area contributed by atoms with Crippen LogP contribution in [0, 0.1) is 11.8 Å². The molecule has 1 aliphatic heterocycles. The number of hydrogen-bond donors (Lipinski definition) is 1. The summed E-state index contributed by atoms with van der Waals surface area (Å²) in [4.78, 5) is 22.5. The van der Waals surface area contributed by atoms with Crippen molar-refractivity contribution in [2.75, 3.05) is 13.7 Å². The van der Waals surface area contributed by atoms with Crippen LogP contribution in [0.4, 0.5) is 4.79 Å². The molecule has 0 spiro atoms. The molecule has 86 valence electrons. The zero-order chi connectivity index (χ0) is 11.4. The third-order valence-electron chi connectivity index (χ3n) is 2.43. The number of hydrogen-bond acceptors (Lipinski definition) is 4. The number of Topliss-reactive ketones (excluding diaryl/α,β-unsaturated/α-hetero) is 1. The van der Waals surface area contributed by atoms with Crippen LogP contribution in [0.3, 0.4) is 0 Å². The highest BCUT2D eigenvalue weighted by Gasteiger charge is 2.32. The molecule has 0 aromatic carbocycles. The number of nitrogens with one attached hydrogen (secondary N) is 1. The summed E-state index contributed by atoms with van der Waals surface area (Å²) in [6, 6.07) is 0. The molecule has 0 aliphatic carbocycles. The summed E-state index contributed by atoms with van der Waals surface area (Å²) < 4.78 is 9.72. The van der Waals surface area contributed by atoms with Crippen molar-refractivity contribution >= 4 is 11.9 Å². The number of methoxy groups -OCH3 is 1. The Hall–Kier alpha value is -1.10. The van der Waals surface area contributed by atoms with E-state index in [1.165, 1.54) is 7.11 Å². The highest BCUT2D eigenvalue weighted by molar-refractivity contribution is 5.83. The van der Waals surface area contributed by atoms with Crippen molar-refractivity contribution in [2.45, 2.75) is 26.5 Å². The van der Waals surface area contributed by atoms with Crippen molar-refractivity contribution in [1.29, 1.82) is 0 Å². The molecule has 0 radical (unpaired) electrons. The van der Waals surface area contributed by atoms with E-state index in [4.69, 9.17) is 4.74 Å². The molecule has 1 N–H and O–H groups in total. The Morgan fingerprint density at radius 3 is 2.67 bits per heavy atom. The summed E-state index contributed by atoms with van der Waals surface area (Å²) in [7, 11) is 1.29. The molecule has 2 atom stereocenters. The quantitative estimate of drug-likeness (QED) is 0.760. The fourth-order valence-electron chi connectivity index (χ4n) is 1.59. The minimum Gasteiger partial charge on any atom is -0.453 e. The van der Waals surface area contributed by atoms with Gasteiger partial charge in [0.05, 0.1) is 13.7 Å². The topological polar surface area (TPSA) is 64.6 Å². The Morgan fingerprint density at radius 1 is 1.47 bits per heavy atom. The van der Waals surface area contributed by atoms with Crippen LogP contribution in [0.15, 0.2) is 0 Å². The van der Waals surface area contributed by atoms with Gasteiger partial charge in [0.25, 0.3) is 0 Å². The summed E-state index contributed by atoms with van der Waals surface area (Å²) in [5.74, 6) is 0.0896. The minimum absolute atomic E-state index is 0.00970. The van der Waals surface area contributed by atoms with E-state index in [1.807, 2.05) is 13.8 Å². The number of alkyl carbamates (subject to hydrolysis) is 1. The highest BCUT2D eigenvalue weighted by Crippen LogP contribution is 2.21. The normalized spacial score (nSPS) is 25.3. The molecule has 0 aromatic heterocycles. The maximum Gasteiger partial charge on any atom is 0.408 e. The second kappa shape index (κ2) is 5.11. The molecule has 0 bridgehead atoms. The SMILES string of the molecule is COC(=O)N[C@@H]1C[C@H](C(=O)C(C)C)CO1. The number of amides is 1. The van der Waals surface area contributed by atoms with Crippen molar-refractivity contribution in [3.63, 3.8) is 0 Å². The van der Waals surface area contributed by atoms with Gasteiger partial charge in [-0.1, -0.05) is 13.8 Å². The second-order valence-corrected chi connectivity index (χ2v) is 3.95. The van der Waals surface area contributed by atoms with Crippen molar-refractivity contribution in [3.05, 3.63) is 0 Å². The summed E-state index contributed by atoms with van der Waals surface area (Å²) in [6.07, 6.45) is -0.394. The van der Waals surface area contributed by atoms with E-state index in [9.17, 15) is 9.59 Å². The fraction of sp³-hybridized carbons (Fsp3) is 0.800. The van der Waals surface area contributed by atoms with Gasteiger partial charge in [0, 0.05) is 18.3 Å². The first kappa shape index (κ1) is 12.0. The number of ether oxygens (including phenoxy) is 2. The summed E-state index contributed by atoms with van der Waals surface area (Å²) >= 11 is 0. The molecule has 15 heavy (non-hydrogen) atoms. The molecule has 0 saturated carbocycles. The van der Waals surface area contributed by atoms with Crippen LogP contribution < -0.4 is 5.32 Å². The van der Waals surface area contributed by atoms with Crippen molar-refractivity contribution in [1.82, 2.24) is 5.32 Å². The van der Waals surface area contributed by atoms with Gasteiger partial charge in [-0.25, -0.2) is 4.79 Å². The molecular formula is C10H17NO4. The van der Waals surface area contributed by atoms with Gasteiger partial charge in [0.15, 0.2) is 0 Å². The lowest BCUT2D eigenvalue weighted by molar-refractivity contribution is -0.125. The molecule has 5 nitrogen and oxygen atoms in total. The summed E-state index contributed by atoms with van der Waals surface area (Å²) in [6.45, 7) is 4.11. The van der Waals surface area contributed by atoms with Crippen LogP contribution in [0.1, 0.15) is 20.3 Å². The third-order valence-corrected chi connectivity index (χ3v) is 2.43. The van der Waals surface area contributed by atoms with Gasteiger partial charge in [-0.15, -0.1) is 0 Å². The van der Waals surface area contributed by atoms with E-state index in [2.05, 4.69) is 10.1 Å². The monoisotopic (exact) mass is 215 g/mol. The standard InChI is InChI=1S/C10H17NO4/c1-6(2)9(12)7-4-8(15-5-7)11-10(13)14-3/h6-8H,4-5H2,1-3H3,(H,11,13)/t7-,8-/m0/s1. The average molecular weight is 215 g/mol.